The summed E-state index contributed by atoms with van der Waals surface area (Å²) >= 11 is 0. The molecular formula is C34H46O6. The summed E-state index contributed by atoms with van der Waals surface area (Å²) in [5.41, 5.74) is 3.58. The second-order valence-electron chi connectivity index (χ2n) is 9.34. The number of hydrogen-bond acceptors (Lipinski definition) is 6. The van der Waals surface area contributed by atoms with Crippen molar-refractivity contribution < 1.29 is 28.4 Å². The molecule has 0 N–H and O–H groups in total. The van der Waals surface area contributed by atoms with E-state index in [4.69, 9.17) is 28.4 Å². The van der Waals surface area contributed by atoms with Gasteiger partial charge in [-0.05, 0) is 73.9 Å². The molecule has 0 unspecified atom stereocenters. The van der Waals surface area contributed by atoms with Gasteiger partial charge in [-0.3, -0.25) is 0 Å². The van der Waals surface area contributed by atoms with Crippen molar-refractivity contribution in [2.24, 2.45) is 0 Å². The van der Waals surface area contributed by atoms with E-state index in [2.05, 4.69) is 72.8 Å². The Hall–Kier alpha value is -3.06. The Kier molecular flexibility index (Phi) is 15.0. The quantitative estimate of drug-likeness (QED) is 0.103. The van der Waals surface area contributed by atoms with Crippen molar-refractivity contribution in [2.45, 2.75) is 46.0 Å². The van der Waals surface area contributed by atoms with Gasteiger partial charge in [0, 0.05) is 64.8 Å². The molecule has 3 aromatic carbocycles. The average molecular weight is 551 g/mol. The molecule has 0 saturated heterocycles. The molecule has 0 spiro atoms. The van der Waals surface area contributed by atoms with Crippen LogP contribution < -0.4 is 14.2 Å². The molecule has 40 heavy (non-hydrogen) atoms. The van der Waals surface area contributed by atoms with Gasteiger partial charge < -0.3 is 28.4 Å². The largest absolute Gasteiger partial charge is 0.494 e. The zero-order valence-electron chi connectivity index (χ0n) is 24.4. The first-order valence-electron chi connectivity index (χ1n) is 14.7. The fourth-order valence-electron chi connectivity index (χ4n) is 4.33. The van der Waals surface area contributed by atoms with Crippen molar-refractivity contribution in [3.8, 4) is 17.2 Å². The lowest BCUT2D eigenvalue weighted by Gasteiger charge is -2.20. The molecule has 0 radical (unpaired) electrons. The van der Waals surface area contributed by atoms with E-state index >= 15 is 0 Å². The summed E-state index contributed by atoms with van der Waals surface area (Å²) in [4.78, 5) is 0. The molecule has 0 saturated carbocycles. The van der Waals surface area contributed by atoms with E-state index in [9.17, 15) is 0 Å². The van der Waals surface area contributed by atoms with E-state index in [1.54, 1.807) is 0 Å². The van der Waals surface area contributed by atoms with Gasteiger partial charge in [-0.25, -0.2) is 0 Å². The van der Waals surface area contributed by atoms with Crippen LogP contribution in [0.1, 0.15) is 62.6 Å². The molecular weight excluding hydrogens is 504 g/mol. The van der Waals surface area contributed by atoms with Gasteiger partial charge in [-0.2, -0.15) is 0 Å². The predicted molar refractivity (Wildman–Crippen MR) is 160 cm³/mol. The minimum atomic E-state index is 0.0611. The molecule has 0 bridgehead atoms. The minimum absolute atomic E-state index is 0.0611. The van der Waals surface area contributed by atoms with Crippen molar-refractivity contribution in [1.82, 2.24) is 0 Å². The van der Waals surface area contributed by atoms with Crippen LogP contribution in [0.25, 0.3) is 0 Å². The van der Waals surface area contributed by atoms with Crippen molar-refractivity contribution in [2.75, 3.05) is 59.5 Å². The lowest BCUT2D eigenvalue weighted by atomic mass is 9.85. The van der Waals surface area contributed by atoms with Gasteiger partial charge >= 0.3 is 0 Å². The second-order valence-corrected chi connectivity index (χ2v) is 9.34. The van der Waals surface area contributed by atoms with Crippen LogP contribution in [0.2, 0.25) is 0 Å². The van der Waals surface area contributed by atoms with Crippen LogP contribution in [0.3, 0.4) is 0 Å². The summed E-state index contributed by atoms with van der Waals surface area (Å²) in [6.07, 6.45) is 2.62. The number of hydrogen-bond donors (Lipinski definition) is 0. The molecule has 3 rings (SSSR count). The molecule has 3 aromatic rings. The molecule has 0 aromatic heterocycles. The van der Waals surface area contributed by atoms with E-state index in [1.807, 2.05) is 20.8 Å². The van der Waals surface area contributed by atoms with Crippen LogP contribution in [0, 0.1) is 0 Å². The highest BCUT2D eigenvalue weighted by Gasteiger charge is 2.17. The monoisotopic (exact) mass is 550 g/mol. The Morgan fingerprint density at radius 3 is 0.925 bits per heavy atom. The molecule has 0 atom stereocenters. The van der Waals surface area contributed by atoms with Crippen LogP contribution in [-0.2, 0) is 14.2 Å². The Morgan fingerprint density at radius 1 is 0.400 bits per heavy atom. The van der Waals surface area contributed by atoms with Crippen LogP contribution in [0.5, 0.6) is 17.2 Å². The summed E-state index contributed by atoms with van der Waals surface area (Å²) < 4.78 is 34.0. The van der Waals surface area contributed by atoms with Crippen LogP contribution >= 0.6 is 0 Å². The minimum Gasteiger partial charge on any atom is -0.494 e. The van der Waals surface area contributed by atoms with Crippen molar-refractivity contribution >= 4 is 0 Å². The van der Waals surface area contributed by atoms with Crippen molar-refractivity contribution in [3.63, 3.8) is 0 Å². The third-order valence-corrected chi connectivity index (χ3v) is 6.36. The Labute approximate surface area is 240 Å². The van der Waals surface area contributed by atoms with Gasteiger partial charge in [0.25, 0.3) is 0 Å². The third-order valence-electron chi connectivity index (χ3n) is 6.36. The van der Waals surface area contributed by atoms with E-state index in [1.165, 1.54) is 16.7 Å². The average Bonchev–Trinajstić information content (AvgIpc) is 2.99. The standard InChI is InChI=1S/C34H46O6/c1-4-35-22-7-25-38-31-16-10-28(11-17-31)34(29-12-18-32(19-13-29)39-26-8-23-36-5-2)30-14-20-33(21-15-30)40-27-9-24-37-6-3/h10-21,34H,4-9,22-27H2,1-3H3. The predicted octanol–water partition coefficient (Wildman–Crippen LogP) is 7.28. The molecule has 0 aliphatic carbocycles. The topological polar surface area (TPSA) is 55.4 Å². The smallest absolute Gasteiger partial charge is 0.119 e. The molecule has 0 aliphatic rings. The van der Waals surface area contributed by atoms with Gasteiger partial charge in [-0.1, -0.05) is 36.4 Å². The number of rotatable bonds is 21. The molecule has 0 amide bonds. The normalized spacial score (nSPS) is 11.1. The maximum atomic E-state index is 5.92. The van der Waals surface area contributed by atoms with Crippen LogP contribution in [-0.4, -0.2) is 59.5 Å². The fraction of sp³-hybridized carbons (Fsp3) is 0.471. The highest BCUT2D eigenvalue weighted by molar-refractivity contribution is 5.46. The third kappa shape index (κ3) is 11.2. The Bertz CT molecular complexity index is 897. The first-order chi connectivity index (χ1) is 19.7. The maximum absolute atomic E-state index is 5.92. The van der Waals surface area contributed by atoms with E-state index in [0.29, 0.717) is 19.8 Å². The van der Waals surface area contributed by atoms with Gasteiger partial charge in [0.2, 0.25) is 0 Å². The molecule has 218 valence electrons. The lowest BCUT2D eigenvalue weighted by Crippen LogP contribution is -2.06. The summed E-state index contributed by atoms with van der Waals surface area (Å²) in [6, 6.07) is 25.2. The zero-order chi connectivity index (χ0) is 28.3. The summed E-state index contributed by atoms with van der Waals surface area (Å²) in [5.74, 6) is 2.66. The molecule has 0 aliphatic heterocycles. The van der Waals surface area contributed by atoms with Gasteiger partial charge in [0.1, 0.15) is 17.2 Å². The highest BCUT2D eigenvalue weighted by atomic mass is 16.5. The van der Waals surface area contributed by atoms with Crippen LogP contribution in [0.4, 0.5) is 0 Å². The van der Waals surface area contributed by atoms with Gasteiger partial charge in [0.05, 0.1) is 19.8 Å². The summed E-state index contributed by atoms with van der Waals surface area (Å²) in [6.45, 7) is 12.3. The zero-order valence-corrected chi connectivity index (χ0v) is 24.4. The second kappa shape index (κ2) is 19.1. The number of ether oxygens (including phenoxy) is 6. The molecule has 6 nitrogen and oxygen atoms in total. The Morgan fingerprint density at radius 2 is 0.675 bits per heavy atom. The van der Waals surface area contributed by atoms with Crippen LogP contribution in [0.15, 0.2) is 72.8 Å². The molecule has 0 heterocycles. The maximum Gasteiger partial charge on any atom is 0.119 e. The number of benzene rings is 3. The van der Waals surface area contributed by atoms with Gasteiger partial charge in [-0.15, -0.1) is 0 Å². The van der Waals surface area contributed by atoms with Crippen molar-refractivity contribution in [1.29, 1.82) is 0 Å². The summed E-state index contributed by atoms with van der Waals surface area (Å²) in [5, 5.41) is 0. The Balaban J connectivity index is 1.71. The molecule has 0 fully saturated rings. The van der Waals surface area contributed by atoms with Crippen molar-refractivity contribution in [3.05, 3.63) is 89.5 Å². The van der Waals surface area contributed by atoms with Gasteiger partial charge in [0.15, 0.2) is 0 Å². The lowest BCUT2D eigenvalue weighted by molar-refractivity contribution is 0.130. The first-order valence-corrected chi connectivity index (χ1v) is 14.7. The van der Waals surface area contributed by atoms with E-state index in [-0.39, 0.29) is 5.92 Å². The summed E-state index contributed by atoms with van der Waals surface area (Å²) in [7, 11) is 0. The van der Waals surface area contributed by atoms with E-state index in [0.717, 1.165) is 76.2 Å². The molecule has 6 heteroatoms. The first kappa shape index (κ1) is 31.5. The highest BCUT2D eigenvalue weighted by Crippen LogP contribution is 2.34. The SMILES string of the molecule is CCOCCCOc1ccc(C(c2ccc(OCCCOCC)cc2)c2ccc(OCCCOCC)cc2)cc1. The fourth-order valence-corrected chi connectivity index (χ4v) is 4.33. The van der Waals surface area contributed by atoms with E-state index < -0.39 is 0 Å².